The highest BCUT2D eigenvalue weighted by atomic mass is 15.1. The fraction of sp³-hybridized carbons (Fsp3) is 0.100. The number of rotatable bonds is 7. The zero-order chi connectivity index (χ0) is 41.3. The van der Waals surface area contributed by atoms with Gasteiger partial charge in [0, 0.05) is 27.8 Å². The highest BCUT2D eigenvalue weighted by Crippen LogP contribution is 2.53. The lowest BCUT2D eigenvalue weighted by atomic mass is 9.82. The molecule has 0 spiro atoms. The number of nitrogens with zero attached hydrogens (tertiary/aromatic N) is 1. The average molecular weight is 782 g/mol. The summed E-state index contributed by atoms with van der Waals surface area (Å²) >= 11 is 0. The van der Waals surface area contributed by atoms with Crippen molar-refractivity contribution in [3.8, 4) is 66.8 Å². The van der Waals surface area contributed by atoms with Gasteiger partial charge in [-0.15, -0.1) is 0 Å². The maximum atomic E-state index is 2.49. The van der Waals surface area contributed by atoms with Crippen LogP contribution in [0.2, 0.25) is 0 Å². The SMILES string of the molecule is CC1(C)c2ccccc2-c2cc(-c3ccc(N(c4ccc5c(c4)-c4ccccc4C5(C)C)c4cccc(-c5ccccc5)c4-c4ccccc4-c4ccccc4)cc3)ccc21. The van der Waals surface area contributed by atoms with Gasteiger partial charge >= 0.3 is 0 Å². The number of hydrogen-bond acceptors (Lipinski definition) is 1. The molecule has 11 rings (SSSR count). The second-order valence-electron chi connectivity index (χ2n) is 17.7. The minimum absolute atomic E-state index is 0.0223. The normalized spacial score (nSPS) is 13.8. The average Bonchev–Trinajstić information content (AvgIpc) is 3.68. The summed E-state index contributed by atoms with van der Waals surface area (Å²) in [7, 11) is 0. The van der Waals surface area contributed by atoms with E-state index in [1.54, 1.807) is 0 Å². The van der Waals surface area contributed by atoms with E-state index in [1.807, 2.05) is 0 Å². The van der Waals surface area contributed by atoms with Crippen molar-refractivity contribution in [3.05, 3.63) is 235 Å². The second kappa shape index (κ2) is 14.2. The summed E-state index contributed by atoms with van der Waals surface area (Å²) in [6.45, 7) is 9.40. The lowest BCUT2D eigenvalue weighted by Gasteiger charge is -2.31. The van der Waals surface area contributed by atoms with Gasteiger partial charge in [-0.1, -0.05) is 204 Å². The molecule has 0 aromatic heterocycles. The molecule has 0 bridgehead atoms. The molecule has 292 valence electrons. The summed E-state index contributed by atoms with van der Waals surface area (Å²) in [5, 5.41) is 0. The molecular formula is C60H47N. The monoisotopic (exact) mass is 781 g/mol. The van der Waals surface area contributed by atoms with Gasteiger partial charge in [-0.3, -0.25) is 0 Å². The van der Waals surface area contributed by atoms with E-state index in [9.17, 15) is 0 Å². The third-order valence-electron chi connectivity index (χ3n) is 13.5. The van der Waals surface area contributed by atoms with Gasteiger partial charge in [0.25, 0.3) is 0 Å². The Bertz CT molecular complexity index is 3120. The summed E-state index contributed by atoms with van der Waals surface area (Å²) in [5.74, 6) is 0. The maximum Gasteiger partial charge on any atom is 0.0546 e. The third-order valence-corrected chi connectivity index (χ3v) is 13.5. The number of fused-ring (bicyclic) bond motifs is 6. The van der Waals surface area contributed by atoms with Crippen LogP contribution in [0.5, 0.6) is 0 Å². The first-order valence-electron chi connectivity index (χ1n) is 21.5. The van der Waals surface area contributed by atoms with Gasteiger partial charge in [0.05, 0.1) is 5.69 Å². The van der Waals surface area contributed by atoms with E-state index in [2.05, 4.69) is 245 Å². The van der Waals surface area contributed by atoms with Gasteiger partial charge in [0.15, 0.2) is 0 Å². The standard InChI is InChI=1S/C60H47N/c1-59(2)53-27-15-13-23-48(53)51-38-43(32-36-55(51)59)40-30-33-44(34-31-40)61(45-35-37-56-52(39-45)49-24-14-16-28-54(49)60(56,3)4)57-29-17-26-47(42-20-9-6-10-21-42)58(57)50-25-12-11-22-46(50)41-18-7-5-8-19-41/h5-39H,1-4H3. The molecule has 0 saturated carbocycles. The van der Waals surface area contributed by atoms with Crippen LogP contribution in [0, 0.1) is 0 Å². The Morgan fingerprint density at radius 3 is 1.34 bits per heavy atom. The Balaban J connectivity index is 1.13. The van der Waals surface area contributed by atoms with Gasteiger partial charge in [0.2, 0.25) is 0 Å². The number of benzene rings is 9. The first kappa shape index (κ1) is 36.8. The Labute approximate surface area is 360 Å². The van der Waals surface area contributed by atoms with Crippen LogP contribution in [0.4, 0.5) is 17.1 Å². The van der Waals surface area contributed by atoms with Crippen LogP contribution in [0.3, 0.4) is 0 Å². The van der Waals surface area contributed by atoms with Crippen molar-refractivity contribution in [3.63, 3.8) is 0 Å². The van der Waals surface area contributed by atoms with E-state index in [-0.39, 0.29) is 10.8 Å². The van der Waals surface area contributed by atoms with Crippen LogP contribution in [0.25, 0.3) is 66.8 Å². The van der Waals surface area contributed by atoms with Crippen LogP contribution in [-0.2, 0) is 10.8 Å². The van der Waals surface area contributed by atoms with Gasteiger partial charge in [-0.05, 0) is 120 Å². The van der Waals surface area contributed by atoms with Crippen molar-refractivity contribution in [2.75, 3.05) is 4.90 Å². The molecule has 1 heteroatoms. The summed E-state index contributed by atoms with van der Waals surface area (Å²) in [6, 6.07) is 78.6. The number of anilines is 3. The summed E-state index contributed by atoms with van der Waals surface area (Å²) in [5.41, 5.74) is 23.6. The zero-order valence-electron chi connectivity index (χ0n) is 35.2. The van der Waals surface area contributed by atoms with E-state index in [0.29, 0.717) is 0 Å². The van der Waals surface area contributed by atoms with Crippen molar-refractivity contribution < 1.29 is 0 Å². The second-order valence-corrected chi connectivity index (χ2v) is 17.7. The molecule has 0 aliphatic heterocycles. The summed E-state index contributed by atoms with van der Waals surface area (Å²) in [6.07, 6.45) is 0. The van der Waals surface area contributed by atoms with Gasteiger partial charge in [-0.25, -0.2) is 0 Å². The van der Waals surface area contributed by atoms with Crippen molar-refractivity contribution in [2.24, 2.45) is 0 Å². The molecule has 0 N–H and O–H groups in total. The summed E-state index contributed by atoms with van der Waals surface area (Å²) in [4.78, 5) is 2.49. The van der Waals surface area contributed by atoms with Crippen molar-refractivity contribution in [1.82, 2.24) is 0 Å². The Morgan fingerprint density at radius 1 is 0.279 bits per heavy atom. The molecule has 0 heterocycles. The van der Waals surface area contributed by atoms with Crippen LogP contribution < -0.4 is 4.90 Å². The van der Waals surface area contributed by atoms with E-state index in [4.69, 9.17) is 0 Å². The van der Waals surface area contributed by atoms with Gasteiger partial charge in [-0.2, -0.15) is 0 Å². The first-order chi connectivity index (χ1) is 29.8. The highest BCUT2D eigenvalue weighted by Gasteiger charge is 2.37. The maximum absolute atomic E-state index is 2.49. The van der Waals surface area contributed by atoms with Gasteiger partial charge in [0.1, 0.15) is 0 Å². The summed E-state index contributed by atoms with van der Waals surface area (Å²) < 4.78 is 0. The van der Waals surface area contributed by atoms with Crippen molar-refractivity contribution in [1.29, 1.82) is 0 Å². The third kappa shape index (κ3) is 5.91. The largest absolute Gasteiger partial charge is 0.310 e. The predicted molar refractivity (Wildman–Crippen MR) is 258 cm³/mol. The van der Waals surface area contributed by atoms with Crippen molar-refractivity contribution in [2.45, 2.75) is 38.5 Å². The molecule has 9 aromatic carbocycles. The first-order valence-corrected chi connectivity index (χ1v) is 21.5. The minimum atomic E-state index is -0.0878. The fourth-order valence-corrected chi connectivity index (χ4v) is 10.4. The van der Waals surface area contributed by atoms with Gasteiger partial charge < -0.3 is 4.90 Å². The Hall–Kier alpha value is -7.22. The molecule has 61 heavy (non-hydrogen) atoms. The molecule has 1 nitrogen and oxygen atoms in total. The fourth-order valence-electron chi connectivity index (χ4n) is 10.4. The quantitative estimate of drug-likeness (QED) is 0.156. The van der Waals surface area contributed by atoms with Crippen LogP contribution >= 0.6 is 0 Å². The Kier molecular flexibility index (Phi) is 8.58. The molecule has 2 aliphatic carbocycles. The van der Waals surface area contributed by atoms with E-state index in [1.165, 1.54) is 89.0 Å². The molecule has 0 amide bonds. The smallest absolute Gasteiger partial charge is 0.0546 e. The highest BCUT2D eigenvalue weighted by molar-refractivity contribution is 6.01. The molecule has 0 radical (unpaired) electrons. The Morgan fingerprint density at radius 2 is 0.721 bits per heavy atom. The van der Waals surface area contributed by atoms with Crippen molar-refractivity contribution >= 4 is 17.1 Å². The predicted octanol–water partition coefficient (Wildman–Crippen LogP) is 16.4. The molecule has 0 atom stereocenters. The lowest BCUT2D eigenvalue weighted by Crippen LogP contribution is -2.15. The molecular weight excluding hydrogens is 735 g/mol. The minimum Gasteiger partial charge on any atom is -0.310 e. The molecule has 9 aromatic rings. The van der Waals surface area contributed by atoms with E-state index in [0.717, 1.165) is 17.1 Å². The lowest BCUT2D eigenvalue weighted by molar-refractivity contribution is 0.660. The van der Waals surface area contributed by atoms with E-state index >= 15 is 0 Å². The van der Waals surface area contributed by atoms with Crippen LogP contribution in [0.15, 0.2) is 212 Å². The van der Waals surface area contributed by atoms with E-state index < -0.39 is 0 Å². The molecule has 0 unspecified atom stereocenters. The van der Waals surface area contributed by atoms with Crippen LogP contribution in [-0.4, -0.2) is 0 Å². The van der Waals surface area contributed by atoms with Crippen LogP contribution in [0.1, 0.15) is 49.9 Å². The molecule has 0 saturated heterocycles. The topological polar surface area (TPSA) is 3.24 Å². The molecule has 2 aliphatic rings. The molecule has 0 fully saturated rings. The number of hydrogen-bond donors (Lipinski definition) is 0. The zero-order valence-corrected chi connectivity index (χ0v) is 35.2.